The second-order valence-corrected chi connectivity index (χ2v) is 3.47. The van der Waals surface area contributed by atoms with Crippen molar-refractivity contribution in [3.63, 3.8) is 0 Å². The molecule has 2 aromatic heterocycles. The van der Waals surface area contributed by atoms with Gasteiger partial charge in [0.25, 0.3) is 0 Å². The molecule has 0 amide bonds. The van der Waals surface area contributed by atoms with Crippen LogP contribution in [0.2, 0.25) is 0 Å². The van der Waals surface area contributed by atoms with Gasteiger partial charge in [0.2, 0.25) is 0 Å². The molecule has 0 spiro atoms. The van der Waals surface area contributed by atoms with E-state index in [1.54, 1.807) is 18.7 Å². The van der Waals surface area contributed by atoms with E-state index in [9.17, 15) is 0 Å². The molecular formula is C13H9N3. The van der Waals surface area contributed by atoms with Gasteiger partial charge in [-0.1, -0.05) is 18.2 Å². The lowest BCUT2D eigenvalue weighted by Crippen LogP contribution is -1.87. The standard InChI is InChI=1S/C13H9N3/c1-2-4-12-10(3-1)11(5-8-15-12)13-6-7-14-9-16-13/h1-9H. The Labute approximate surface area is 92.8 Å². The lowest BCUT2D eigenvalue weighted by atomic mass is 10.1. The van der Waals surface area contributed by atoms with Gasteiger partial charge < -0.3 is 0 Å². The molecule has 0 bridgehead atoms. The Morgan fingerprint density at radius 2 is 1.75 bits per heavy atom. The van der Waals surface area contributed by atoms with E-state index in [2.05, 4.69) is 21.0 Å². The number of hydrogen-bond donors (Lipinski definition) is 0. The summed E-state index contributed by atoms with van der Waals surface area (Å²) >= 11 is 0. The number of aromatic nitrogens is 3. The highest BCUT2D eigenvalue weighted by atomic mass is 14.8. The zero-order valence-corrected chi connectivity index (χ0v) is 8.54. The highest BCUT2D eigenvalue weighted by Gasteiger charge is 2.03. The second-order valence-electron chi connectivity index (χ2n) is 3.47. The summed E-state index contributed by atoms with van der Waals surface area (Å²) in [6.07, 6.45) is 5.11. The Bertz CT molecular complexity index is 615. The van der Waals surface area contributed by atoms with Crippen LogP contribution in [0.5, 0.6) is 0 Å². The summed E-state index contributed by atoms with van der Waals surface area (Å²) in [4.78, 5) is 12.5. The monoisotopic (exact) mass is 207 g/mol. The minimum atomic E-state index is 0.925. The fraction of sp³-hybridized carbons (Fsp3) is 0. The molecule has 0 unspecified atom stereocenters. The average Bonchev–Trinajstić information content (AvgIpc) is 2.39. The van der Waals surface area contributed by atoms with E-state index in [0.29, 0.717) is 0 Å². The molecule has 76 valence electrons. The van der Waals surface area contributed by atoms with Crippen molar-refractivity contribution in [2.75, 3.05) is 0 Å². The maximum Gasteiger partial charge on any atom is 0.116 e. The predicted molar refractivity (Wildman–Crippen MR) is 62.8 cm³/mol. The molecule has 0 atom stereocenters. The molecule has 0 fully saturated rings. The van der Waals surface area contributed by atoms with Gasteiger partial charge in [0.1, 0.15) is 6.33 Å². The zero-order valence-electron chi connectivity index (χ0n) is 8.54. The molecule has 0 aliphatic rings. The first-order chi connectivity index (χ1) is 7.95. The number of fused-ring (bicyclic) bond motifs is 1. The van der Waals surface area contributed by atoms with Gasteiger partial charge in [-0.3, -0.25) is 4.98 Å². The van der Waals surface area contributed by atoms with Gasteiger partial charge in [-0.15, -0.1) is 0 Å². The van der Waals surface area contributed by atoms with Crippen molar-refractivity contribution in [2.45, 2.75) is 0 Å². The van der Waals surface area contributed by atoms with Crippen LogP contribution in [0.15, 0.2) is 55.1 Å². The van der Waals surface area contributed by atoms with Crippen LogP contribution in [-0.2, 0) is 0 Å². The van der Waals surface area contributed by atoms with E-state index >= 15 is 0 Å². The van der Waals surface area contributed by atoms with Crippen LogP contribution in [0.25, 0.3) is 22.2 Å². The largest absolute Gasteiger partial charge is 0.256 e. The molecule has 0 aliphatic heterocycles. The molecule has 0 radical (unpaired) electrons. The quantitative estimate of drug-likeness (QED) is 0.615. The molecule has 0 aliphatic carbocycles. The number of nitrogens with zero attached hydrogens (tertiary/aromatic N) is 3. The van der Waals surface area contributed by atoms with E-state index in [0.717, 1.165) is 22.2 Å². The third-order valence-corrected chi connectivity index (χ3v) is 2.51. The summed E-state index contributed by atoms with van der Waals surface area (Å²) in [7, 11) is 0. The van der Waals surface area contributed by atoms with Crippen LogP contribution in [-0.4, -0.2) is 15.0 Å². The third kappa shape index (κ3) is 1.42. The van der Waals surface area contributed by atoms with E-state index in [1.807, 2.05) is 30.3 Å². The molecule has 2 heterocycles. The molecule has 0 N–H and O–H groups in total. The first-order valence-electron chi connectivity index (χ1n) is 5.05. The predicted octanol–water partition coefficient (Wildman–Crippen LogP) is 2.69. The summed E-state index contributed by atoms with van der Waals surface area (Å²) in [6.45, 7) is 0. The second kappa shape index (κ2) is 3.70. The van der Waals surface area contributed by atoms with Crippen molar-refractivity contribution < 1.29 is 0 Å². The topological polar surface area (TPSA) is 38.7 Å². The molecule has 1 aromatic carbocycles. The fourth-order valence-electron chi connectivity index (χ4n) is 1.77. The third-order valence-electron chi connectivity index (χ3n) is 2.51. The normalized spacial score (nSPS) is 10.5. The Kier molecular flexibility index (Phi) is 2.07. The number of benzene rings is 1. The van der Waals surface area contributed by atoms with Crippen LogP contribution >= 0.6 is 0 Å². The van der Waals surface area contributed by atoms with Crippen LogP contribution in [0, 0.1) is 0 Å². The first-order valence-corrected chi connectivity index (χ1v) is 5.05. The summed E-state index contributed by atoms with van der Waals surface area (Å²) in [5.41, 5.74) is 3.00. The zero-order chi connectivity index (χ0) is 10.8. The highest BCUT2D eigenvalue weighted by molar-refractivity contribution is 5.93. The van der Waals surface area contributed by atoms with E-state index in [1.165, 1.54) is 0 Å². The fourth-order valence-corrected chi connectivity index (χ4v) is 1.77. The highest BCUT2D eigenvalue weighted by Crippen LogP contribution is 2.24. The minimum absolute atomic E-state index is 0.925. The van der Waals surface area contributed by atoms with Crippen LogP contribution < -0.4 is 0 Å². The summed E-state index contributed by atoms with van der Waals surface area (Å²) < 4.78 is 0. The maximum atomic E-state index is 4.32. The van der Waals surface area contributed by atoms with Gasteiger partial charge in [-0.25, -0.2) is 9.97 Å². The molecule has 16 heavy (non-hydrogen) atoms. The van der Waals surface area contributed by atoms with Crippen molar-refractivity contribution in [2.24, 2.45) is 0 Å². The van der Waals surface area contributed by atoms with Crippen molar-refractivity contribution in [3.05, 3.63) is 55.1 Å². The number of hydrogen-bond acceptors (Lipinski definition) is 3. The molecule has 3 nitrogen and oxygen atoms in total. The van der Waals surface area contributed by atoms with E-state index in [-0.39, 0.29) is 0 Å². The number of pyridine rings is 1. The van der Waals surface area contributed by atoms with Crippen molar-refractivity contribution >= 4 is 10.9 Å². The number of para-hydroxylation sites is 1. The molecule has 0 saturated carbocycles. The van der Waals surface area contributed by atoms with Crippen LogP contribution in [0.1, 0.15) is 0 Å². The Morgan fingerprint density at radius 3 is 2.62 bits per heavy atom. The lowest BCUT2D eigenvalue weighted by molar-refractivity contribution is 1.17. The summed E-state index contributed by atoms with van der Waals surface area (Å²) in [5, 5.41) is 1.11. The average molecular weight is 207 g/mol. The molecule has 3 rings (SSSR count). The summed E-state index contributed by atoms with van der Waals surface area (Å²) in [6, 6.07) is 11.9. The lowest BCUT2D eigenvalue weighted by Gasteiger charge is -2.04. The Morgan fingerprint density at radius 1 is 0.812 bits per heavy atom. The maximum absolute atomic E-state index is 4.32. The van der Waals surface area contributed by atoms with Crippen LogP contribution in [0.3, 0.4) is 0 Å². The smallest absolute Gasteiger partial charge is 0.116 e. The minimum Gasteiger partial charge on any atom is -0.256 e. The van der Waals surface area contributed by atoms with Gasteiger partial charge in [-0.2, -0.15) is 0 Å². The SMILES string of the molecule is c1ccc2c(-c3ccncn3)ccnc2c1. The van der Waals surface area contributed by atoms with E-state index < -0.39 is 0 Å². The van der Waals surface area contributed by atoms with Gasteiger partial charge in [-0.05, 0) is 18.2 Å². The van der Waals surface area contributed by atoms with Gasteiger partial charge >= 0.3 is 0 Å². The molecule has 3 heteroatoms. The molecule has 0 saturated heterocycles. The van der Waals surface area contributed by atoms with Gasteiger partial charge in [0, 0.05) is 23.3 Å². The van der Waals surface area contributed by atoms with Crippen molar-refractivity contribution in [1.82, 2.24) is 15.0 Å². The van der Waals surface area contributed by atoms with Gasteiger partial charge in [0.05, 0.1) is 11.2 Å². The molecule has 3 aromatic rings. The van der Waals surface area contributed by atoms with Crippen molar-refractivity contribution in [1.29, 1.82) is 0 Å². The summed E-state index contributed by atoms with van der Waals surface area (Å²) in [5.74, 6) is 0. The van der Waals surface area contributed by atoms with E-state index in [4.69, 9.17) is 0 Å². The van der Waals surface area contributed by atoms with Crippen LogP contribution in [0.4, 0.5) is 0 Å². The Hall–Kier alpha value is -2.29. The Balaban J connectivity index is 2.32. The first kappa shape index (κ1) is 8.97. The van der Waals surface area contributed by atoms with Gasteiger partial charge in [0.15, 0.2) is 0 Å². The number of rotatable bonds is 1. The van der Waals surface area contributed by atoms with Crippen molar-refractivity contribution in [3.8, 4) is 11.3 Å². The molecular weight excluding hydrogens is 198 g/mol.